The molecule has 4 saturated carbocycles. The highest BCUT2D eigenvalue weighted by atomic mass is 16.2. The van der Waals surface area contributed by atoms with E-state index in [0.717, 1.165) is 23.3 Å². The predicted molar refractivity (Wildman–Crippen MR) is 103 cm³/mol. The van der Waals surface area contributed by atoms with E-state index in [1.807, 2.05) is 12.1 Å². The molecule has 2 N–H and O–H groups in total. The van der Waals surface area contributed by atoms with Crippen LogP contribution >= 0.6 is 0 Å². The summed E-state index contributed by atoms with van der Waals surface area (Å²) in [5.41, 5.74) is 1.25. The maximum Gasteiger partial charge on any atom is 0.320 e. The molecule has 0 aromatic carbocycles. The first-order valence-electron chi connectivity index (χ1n) is 10.3. The van der Waals surface area contributed by atoms with Crippen LogP contribution in [0.2, 0.25) is 0 Å². The van der Waals surface area contributed by atoms with Crippen LogP contribution < -0.4 is 10.6 Å². The van der Waals surface area contributed by atoms with Crippen LogP contribution in [0.4, 0.5) is 10.6 Å². The molecular formula is C20H27N7O. The summed E-state index contributed by atoms with van der Waals surface area (Å²) in [6.45, 7) is 2.68. The molecule has 0 spiro atoms. The van der Waals surface area contributed by atoms with E-state index in [1.165, 1.54) is 49.6 Å². The Hall–Kier alpha value is -2.51. The van der Waals surface area contributed by atoms with Gasteiger partial charge in [-0.05, 0) is 91.5 Å². The third-order valence-electron chi connectivity index (χ3n) is 7.13. The Balaban J connectivity index is 1.22. The molecule has 148 valence electrons. The summed E-state index contributed by atoms with van der Waals surface area (Å²) in [5.74, 6) is 3.17. The molecule has 1 atom stereocenters. The van der Waals surface area contributed by atoms with Crippen molar-refractivity contribution < 1.29 is 4.79 Å². The standard InChI is InChI=1S/C20H27N7O/c1-13(20-8-15-4-16(9-20)6-17(5-15)10-20)24-19(28)25-18-7-14(2-3-21-18)11-27-23-12-22-26-27/h2-3,7,12-13,15-17H,4-6,8-11H2,1H3,(H2,21,24,25,28). The Kier molecular flexibility index (Phi) is 4.29. The van der Waals surface area contributed by atoms with Crippen LogP contribution in [0.5, 0.6) is 0 Å². The Labute approximate surface area is 164 Å². The van der Waals surface area contributed by atoms with Crippen molar-refractivity contribution in [3.63, 3.8) is 0 Å². The molecule has 0 radical (unpaired) electrons. The van der Waals surface area contributed by atoms with E-state index in [0.29, 0.717) is 17.8 Å². The van der Waals surface area contributed by atoms with E-state index >= 15 is 0 Å². The van der Waals surface area contributed by atoms with Gasteiger partial charge in [-0.2, -0.15) is 4.80 Å². The van der Waals surface area contributed by atoms with Crippen molar-refractivity contribution in [1.29, 1.82) is 0 Å². The number of carbonyl (C=O) groups is 1. The largest absolute Gasteiger partial charge is 0.335 e. The van der Waals surface area contributed by atoms with E-state index in [1.54, 1.807) is 6.20 Å². The summed E-state index contributed by atoms with van der Waals surface area (Å²) in [4.78, 5) is 18.4. The molecule has 4 bridgehead atoms. The monoisotopic (exact) mass is 381 g/mol. The van der Waals surface area contributed by atoms with Gasteiger partial charge >= 0.3 is 6.03 Å². The molecule has 2 heterocycles. The molecular weight excluding hydrogens is 354 g/mol. The van der Waals surface area contributed by atoms with Crippen molar-refractivity contribution in [1.82, 2.24) is 30.5 Å². The Morgan fingerprint density at radius 3 is 2.61 bits per heavy atom. The lowest BCUT2D eigenvalue weighted by molar-refractivity contribution is -0.0680. The fourth-order valence-electron chi connectivity index (χ4n) is 6.28. The average Bonchev–Trinajstić information content (AvgIpc) is 3.13. The van der Waals surface area contributed by atoms with E-state index in [9.17, 15) is 4.79 Å². The quantitative estimate of drug-likeness (QED) is 0.830. The number of rotatable bonds is 5. The third kappa shape index (κ3) is 3.36. The van der Waals surface area contributed by atoms with Gasteiger partial charge in [-0.25, -0.2) is 9.78 Å². The zero-order valence-corrected chi connectivity index (χ0v) is 16.2. The van der Waals surface area contributed by atoms with Crippen LogP contribution in [0.3, 0.4) is 0 Å². The number of aromatic nitrogens is 5. The van der Waals surface area contributed by atoms with Gasteiger partial charge in [0.05, 0.1) is 6.54 Å². The van der Waals surface area contributed by atoms with Crippen LogP contribution in [0, 0.1) is 23.2 Å². The van der Waals surface area contributed by atoms with Crippen molar-refractivity contribution in [2.24, 2.45) is 23.2 Å². The van der Waals surface area contributed by atoms with Gasteiger partial charge in [-0.15, -0.1) is 10.2 Å². The van der Waals surface area contributed by atoms with Crippen molar-refractivity contribution in [3.8, 4) is 0 Å². The second kappa shape index (κ2) is 6.83. The van der Waals surface area contributed by atoms with Crippen LogP contribution in [0.15, 0.2) is 24.7 Å². The Morgan fingerprint density at radius 1 is 1.25 bits per heavy atom. The van der Waals surface area contributed by atoms with Gasteiger partial charge in [0.2, 0.25) is 0 Å². The second-order valence-electron chi connectivity index (χ2n) is 9.12. The second-order valence-corrected chi connectivity index (χ2v) is 9.12. The number of anilines is 1. The fourth-order valence-corrected chi connectivity index (χ4v) is 6.28. The molecule has 4 fully saturated rings. The molecule has 4 aliphatic rings. The number of amides is 2. The molecule has 28 heavy (non-hydrogen) atoms. The van der Waals surface area contributed by atoms with E-state index in [-0.39, 0.29) is 12.1 Å². The minimum atomic E-state index is -0.174. The van der Waals surface area contributed by atoms with Crippen LogP contribution in [0.1, 0.15) is 51.0 Å². The molecule has 8 nitrogen and oxygen atoms in total. The van der Waals surface area contributed by atoms with Crippen LogP contribution in [-0.2, 0) is 6.54 Å². The van der Waals surface area contributed by atoms with Gasteiger partial charge in [-0.1, -0.05) is 0 Å². The third-order valence-corrected chi connectivity index (χ3v) is 7.13. The molecule has 4 aliphatic carbocycles. The van der Waals surface area contributed by atoms with Crippen molar-refractivity contribution in [3.05, 3.63) is 30.2 Å². The highest BCUT2D eigenvalue weighted by molar-refractivity contribution is 5.88. The van der Waals surface area contributed by atoms with E-state index in [4.69, 9.17) is 0 Å². The lowest BCUT2D eigenvalue weighted by atomic mass is 9.48. The molecule has 2 aromatic heterocycles. The zero-order valence-electron chi connectivity index (χ0n) is 16.2. The molecule has 6 rings (SSSR count). The first-order chi connectivity index (χ1) is 13.6. The molecule has 0 aliphatic heterocycles. The highest BCUT2D eigenvalue weighted by Crippen LogP contribution is 2.61. The number of nitrogens with one attached hydrogen (secondary N) is 2. The SMILES string of the molecule is CC(NC(=O)Nc1cc(Cn2ncnn2)ccn1)C12CC3CC(CC(C3)C1)C2. The smallest absolute Gasteiger partial charge is 0.320 e. The number of urea groups is 1. The van der Waals surface area contributed by atoms with E-state index in [2.05, 4.69) is 38.0 Å². The van der Waals surface area contributed by atoms with Gasteiger partial charge in [0.15, 0.2) is 6.33 Å². The van der Waals surface area contributed by atoms with Gasteiger partial charge < -0.3 is 5.32 Å². The number of tetrazole rings is 1. The first kappa shape index (κ1) is 17.6. The topological polar surface area (TPSA) is 97.6 Å². The number of hydrogen-bond acceptors (Lipinski definition) is 5. The maximum atomic E-state index is 12.6. The Morgan fingerprint density at radius 2 is 1.96 bits per heavy atom. The fraction of sp³-hybridized carbons (Fsp3) is 0.650. The summed E-state index contributed by atoms with van der Waals surface area (Å²) >= 11 is 0. The average molecular weight is 381 g/mol. The van der Waals surface area contributed by atoms with Crippen LogP contribution in [0.25, 0.3) is 0 Å². The number of nitrogens with zero attached hydrogens (tertiary/aromatic N) is 5. The summed E-state index contributed by atoms with van der Waals surface area (Å²) < 4.78 is 0. The minimum Gasteiger partial charge on any atom is -0.335 e. The minimum absolute atomic E-state index is 0.174. The van der Waals surface area contributed by atoms with Crippen LogP contribution in [-0.4, -0.2) is 37.3 Å². The molecule has 0 saturated heterocycles. The van der Waals surface area contributed by atoms with Gasteiger partial charge in [0.1, 0.15) is 5.82 Å². The summed E-state index contributed by atoms with van der Waals surface area (Å²) in [7, 11) is 0. The normalized spacial score (nSPS) is 31.5. The summed E-state index contributed by atoms with van der Waals surface area (Å²) in [5, 5.41) is 17.7. The van der Waals surface area contributed by atoms with Crippen molar-refractivity contribution >= 4 is 11.8 Å². The molecule has 1 unspecified atom stereocenters. The Bertz CT molecular complexity index is 815. The molecule has 8 heteroatoms. The van der Waals surface area contributed by atoms with Gasteiger partial charge in [0.25, 0.3) is 0 Å². The number of carbonyl (C=O) groups excluding carboxylic acids is 1. The number of pyridine rings is 1. The van der Waals surface area contributed by atoms with Gasteiger partial charge in [-0.3, -0.25) is 5.32 Å². The maximum absolute atomic E-state index is 12.6. The molecule has 2 aromatic rings. The lowest BCUT2D eigenvalue weighted by Crippen LogP contribution is -2.56. The summed E-state index contributed by atoms with van der Waals surface area (Å²) in [6, 6.07) is 3.73. The summed E-state index contributed by atoms with van der Waals surface area (Å²) in [6.07, 6.45) is 11.2. The van der Waals surface area contributed by atoms with Crippen molar-refractivity contribution in [2.45, 2.75) is 58.0 Å². The zero-order chi connectivity index (χ0) is 19.1. The highest BCUT2D eigenvalue weighted by Gasteiger charge is 2.53. The first-order valence-corrected chi connectivity index (χ1v) is 10.3. The predicted octanol–water partition coefficient (Wildman–Crippen LogP) is 2.84. The lowest BCUT2D eigenvalue weighted by Gasteiger charge is -2.59. The number of hydrogen-bond donors (Lipinski definition) is 2. The van der Waals surface area contributed by atoms with Gasteiger partial charge in [0, 0.05) is 12.2 Å². The van der Waals surface area contributed by atoms with E-state index < -0.39 is 0 Å². The molecule has 2 amide bonds. The van der Waals surface area contributed by atoms with Crippen molar-refractivity contribution in [2.75, 3.05) is 5.32 Å².